The maximum Gasteiger partial charge on any atom is 0.343 e. The predicted octanol–water partition coefficient (Wildman–Crippen LogP) is 6.03. The molecule has 0 aliphatic rings. The van der Waals surface area contributed by atoms with Crippen molar-refractivity contribution in [2.24, 2.45) is 5.10 Å². The van der Waals surface area contributed by atoms with Crippen molar-refractivity contribution in [2.45, 2.75) is 39.5 Å². The Balaban J connectivity index is 1.46. The number of hydrogen-bond acceptors (Lipinski definition) is 6. The fraction of sp³-hybridized carbons (Fsp3) is 0.276. The first-order valence-electron chi connectivity index (χ1n) is 12.2. The molecule has 0 saturated carbocycles. The van der Waals surface area contributed by atoms with E-state index in [1.54, 1.807) is 72.8 Å². The Morgan fingerprint density at radius 1 is 0.722 bits per heavy atom. The molecule has 0 aromatic heterocycles. The third-order valence-electron chi connectivity index (χ3n) is 5.21. The van der Waals surface area contributed by atoms with E-state index in [0.29, 0.717) is 30.1 Å². The molecule has 0 atom stereocenters. The summed E-state index contributed by atoms with van der Waals surface area (Å²) in [6.45, 7) is 5.52. The average Bonchev–Trinajstić information content (AvgIpc) is 2.90. The van der Waals surface area contributed by atoms with E-state index in [2.05, 4.69) is 24.4 Å². The number of hydrogen-bond donors (Lipinski definition) is 1. The van der Waals surface area contributed by atoms with Gasteiger partial charge in [-0.2, -0.15) is 5.10 Å². The van der Waals surface area contributed by atoms with Crippen LogP contribution < -0.4 is 19.6 Å². The zero-order valence-corrected chi connectivity index (χ0v) is 20.7. The summed E-state index contributed by atoms with van der Waals surface area (Å²) < 4.78 is 16.6. The number of amides is 1. The van der Waals surface area contributed by atoms with Crippen LogP contribution in [0.2, 0.25) is 0 Å². The molecule has 0 aliphatic carbocycles. The summed E-state index contributed by atoms with van der Waals surface area (Å²) in [5, 5.41) is 4.00. The standard InChI is InChI=1S/C29H32N2O5/c1-3-5-19-34-25-15-9-23(10-16-25)28(32)31-30-21-22-7-13-27(14-8-22)36-29(33)24-11-17-26(18-12-24)35-20-6-4-2/h7-18,21H,3-6,19-20H2,1-2H3,(H,31,32)/b30-21+. The molecule has 0 radical (unpaired) electrons. The SMILES string of the molecule is CCCCOc1ccc(C(=O)N/N=C/c2ccc(OC(=O)c3ccc(OCCCC)cc3)cc2)cc1. The minimum Gasteiger partial charge on any atom is -0.494 e. The van der Waals surface area contributed by atoms with Crippen molar-refractivity contribution in [3.8, 4) is 17.2 Å². The highest BCUT2D eigenvalue weighted by Crippen LogP contribution is 2.17. The maximum absolute atomic E-state index is 12.4. The molecule has 1 N–H and O–H groups in total. The van der Waals surface area contributed by atoms with E-state index in [0.717, 1.165) is 42.7 Å². The highest BCUT2D eigenvalue weighted by molar-refractivity contribution is 5.95. The van der Waals surface area contributed by atoms with E-state index < -0.39 is 5.97 Å². The van der Waals surface area contributed by atoms with Crippen molar-refractivity contribution in [3.63, 3.8) is 0 Å². The van der Waals surface area contributed by atoms with Crippen LogP contribution in [0.25, 0.3) is 0 Å². The van der Waals surface area contributed by atoms with E-state index in [1.165, 1.54) is 6.21 Å². The maximum atomic E-state index is 12.4. The van der Waals surface area contributed by atoms with Crippen LogP contribution in [0, 0.1) is 0 Å². The molecule has 36 heavy (non-hydrogen) atoms. The number of nitrogens with one attached hydrogen (secondary N) is 1. The number of carbonyl (C=O) groups is 2. The van der Waals surface area contributed by atoms with E-state index in [4.69, 9.17) is 14.2 Å². The molecule has 0 aliphatic heterocycles. The molecule has 7 nitrogen and oxygen atoms in total. The molecule has 0 spiro atoms. The molecular weight excluding hydrogens is 456 g/mol. The first kappa shape index (κ1) is 26.5. The number of rotatable bonds is 13. The van der Waals surface area contributed by atoms with Crippen LogP contribution in [0.1, 0.15) is 65.8 Å². The zero-order valence-electron chi connectivity index (χ0n) is 20.7. The van der Waals surface area contributed by atoms with E-state index >= 15 is 0 Å². The topological polar surface area (TPSA) is 86.2 Å². The van der Waals surface area contributed by atoms with Crippen molar-refractivity contribution in [1.82, 2.24) is 5.43 Å². The Bertz CT molecular complexity index is 1120. The molecule has 1 amide bonds. The molecule has 7 heteroatoms. The number of hydrazone groups is 1. The second-order valence-corrected chi connectivity index (χ2v) is 8.11. The highest BCUT2D eigenvalue weighted by Gasteiger charge is 2.09. The average molecular weight is 489 g/mol. The van der Waals surface area contributed by atoms with Gasteiger partial charge in [0.05, 0.1) is 25.0 Å². The normalized spacial score (nSPS) is 10.7. The number of ether oxygens (including phenoxy) is 3. The van der Waals surface area contributed by atoms with Gasteiger partial charge in [-0.25, -0.2) is 10.2 Å². The number of benzene rings is 3. The quantitative estimate of drug-likeness (QED) is 0.104. The van der Waals surface area contributed by atoms with E-state index in [9.17, 15) is 9.59 Å². The lowest BCUT2D eigenvalue weighted by atomic mass is 10.2. The first-order valence-corrected chi connectivity index (χ1v) is 12.2. The van der Waals surface area contributed by atoms with Gasteiger partial charge in [0.1, 0.15) is 17.2 Å². The van der Waals surface area contributed by atoms with Gasteiger partial charge in [-0.15, -0.1) is 0 Å². The fourth-order valence-corrected chi connectivity index (χ4v) is 3.08. The third kappa shape index (κ3) is 8.58. The van der Waals surface area contributed by atoms with Gasteiger partial charge in [0.25, 0.3) is 5.91 Å². The summed E-state index contributed by atoms with van der Waals surface area (Å²) >= 11 is 0. The van der Waals surface area contributed by atoms with Crippen molar-refractivity contribution in [2.75, 3.05) is 13.2 Å². The Hall–Kier alpha value is -4.13. The molecule has 0 heterocycles. The molecule has 3 aromatic rings. The monoisotopic (exact) mass is 488 g/mol. The zero-order chi connectivity index (χ0) is 25.6. The van der Waals surface area contributed by atoms with Gasteiger partial charge < -0.3 is 14.2 Å². The molecule has 0 unspecified atom stereocenters. The lowest BCUT2D eigenvalue weighted by molar-refractivity contribution is 0.0734. The van der Waals surface area contributed by atoms with Gasteiger partial charge in [-0.05, 0) is 91.2 Å². The molecular formula is C29H32N2O5. The van der Waals surface area contributed by atoms with Crippen LogP contribution in [0.15, 0.2) is 77.9 Å². The molecule has 3 aromatic carbocycles. The molecule has 0 saturated heterocycles. The minimum absolute atomic E-state index is 0.321. The summed E-state index contributed by atoms with van der Waals surface area (Å²) in [4.78, 5) is 24.7. The number of esters is 1. The van der Waals surface area contributed by atoms with E-state index in [1.807, 2.05) is 0 Å². The summed E-state index contributed by atoms with van der Waals surface area (Å²) in [5.41, 5.74) is 4.16. The number of nitrogens with zero attached hydrogens (tertiary/aromatic N) is 1. The van der Waals surface area contributed by atoms with Crippen molar-refractivity contribution in [3.05, 3.63) is 89.5 Å². The van der Waals surface area contributed by atoms with Gasteiger partial charge in [0, 0.05) is 5.56 Å². The van der Waals surface area contributed by atoms with Crippen LogP contribution >= 0.6 is 0 Å². The van der Waals surface area contributed by atoms with Crippen LogP contribution in [0.3, 0.4) is 0 Å². The lowest BCUT2D eigenvalue weighted by Gasteiger charge is -2.07. The van der Waals surface area contributed by atoms with Gasteiger partial charge in [0.15, 0.2) is 0 Å². The van der Waals surface area contributed by atoms with Crippen LogP contribution in [-0.2, 0) is 0 Å². The van der Waals surface area contributed by atoms with Crippen LogP contribution in [0.4, 0.5) is 0 Å². The van der Waals surface area contributed by atoms with Gasteiger partial charge in [0.2, 0.25) is 0 Å². The van der Waals surface area contributed by atoms with Gasteiger partial charge >= 0.3 is 5.97 Å². The number of unbranched alkanes of at least 4 members (excludes halogenated alkanes) is 2. The van der Waals surface area contributed by atoms with Crippen molar-refractivity contribution in [1.29, 1.82) is 0 Å². The van der Waals surface area contributed by atoms with Crippen LogP contribution in [0.5, 0.6) is 17.2 Å². The Morgan fingerprint density at radius 2 is 1.22 bits per heavy atom. The largest absolute Gasteiger partial charge is 0.494 e. The molecule has 0 bridgehead atoms. The number of carbonyl (C=O) groups excluding carboxylic acids is 2. The summed E-state index contributed by atoms with van der Waals surface area (Å²) in [6.07, 6.45) is 5.62. The highest BCUT2D eigenvalue weighted by atomic mass is 16.5. The first-order chi connectivity index (χ1) is 17.6. The van der Waals surface area contributed by atoms with Gasteiger partial charge in [-0.3, -0.25) is 4.79 Å². The molecule has 188 valence electrons. The summed E-state index contributed by atoms with van der Waals surface area (Å²) in [7, 11) is 0. The van der Waals surface area contributed by atoms with Crippen LogP contribution in [-0.4, -0.2) is 31.3 Å². The van der Waals surface area contributed by atoms with Crippen molar-refractivity contribution >= 4 is 18.1 Å². The van der Waals surface area contributed by atoms with Gasteiger partial charge in [-0.1, -0.05) is 26.7 Å². The van der Waals surface area contributed by atoms with Crippen molar-refractivity contribution < 1.29 is 23.8 Å². The Labute approximate surface area is 212 Å². The summed E-state index contributed by atoms with van der Waals surface area (Å²) in [5.74, 6) is 1.09. The Kier molecular flexibility index (Phi) is 10.5. The fourth-order valence-electron chi connectivity index (χ4n) is 3.08. The third-order valence-corrected chi connectivity index (χ3v) is 5.21. The van der Waals surface area contributed by atoms with E-state index in [-0.39, 0.29) is 5.91 Å². The lowest BCUT2D eigenvalue weighted by Crippen LogP contribution is -2.17. The second-order valence-electron chi connectivity index (χ2n) is 8.11. The second kappa shape index (κ2) is 14.3. The predicted molar refractivity (Wildman–Crippen MR) is 140 cm³/mol. The summed E-state index contributed by atoms with van der Waals surface area (Å²) in [6, 6.07) is 20.6. The molecule has 3 rings (SSSR count). The minimum atomic E-state index is -0.453. The smallest absolute Gasteiger partial charge is 0.343 e. The Morgan fingerprint density at radius 3 is 1.75 bits per heavy atom. The molecule has 0 fully saturated rings.